The van der Waals surface area contributed by atoms with Gasteiger partial charge in [0.25, 0.3) is 5.56 Å². The van der Waals surface area contributed by atoms with Crippen LogP contribution in [0.1, 0.15) is 29.0 Å². The van der Waals surface area contributed by atoms with Gasteiger partial charge in [0, 0.05) is 54.4 Å². The van der Waals surface area contributed by atoms with E-state index in [9.17, 15) is 9.59 Å². The smallest absolute Gasteiger partial charge is 0.255 e. The molecule has 4 rings (SSSR count). The summed E-state index contributed by atoms with van der Waals surface area (Å²) in [5.74, 6) is 0.775. The number of hydrogen-bond acceptors (Lipinski definition) is 6. The number of thioether (sulfide) groups is 1. The number of methoxy groups -OCH3 is 1. The van der Waals surface area contributed by atoms with Gasteiger partial charge < -0.3 is 19.5 Å². The van der Waals surface area contributed by atoms with E-state index in [0.29, 0.717) is 29.5 Å². The Kier molecular flexibility index (Phi) is 7.57. The first-order valence-electron chi connectivity index (χ1n) is 11.4. The molecule has 0 saturated carbocycles. The largest absolute Gasteiger partial charge is 0.497 e. The van der Waals surface area contributed by atoms with Crippen LogP contribution in [0.25, 0.3) is 0 Å². The Morgan fingerprint density at radius 2 is 1.85 bits per heavy atom. The highest BCUT2D eigenvalue weighted by Gasteiger charge is 2.23. The fourth-order valence-electron chi connectivity index (χ4n) is 4.09. The van der Waals surface area contributed by atoms with E-state index in [0.717, 1.165) is 24.5 Å². The van der Waals surface area contributed by atoms with Crippen LogP contribution in [-0.4, -0.2) is 54.1 Å². The SMILES string of the molecule is COc1cccc(N2CCN(C(=O)Cc3c(C)nc(SC(C)c4ccccc4)[nH]c3=O)CC2)c1. The fourth-order valence-corrected chi connectivity index (χ4v) is 5.06. The van der Waals surface area contributed by atoms with Crippen molar-refractivity contribution in [2.24, 2.45) is 0 Å². The van der Waals surface area contributed by atoms with Crippen molar-refractivity contribution in [1.82, 2.24) is 14.9 Å². The van der Waals surface area contributed by atoms with E-state index in [1.54, 1.807) is 14.0 Å². The number of carbonyl (C=O) groups excluding carboxylic acids is 1. The number of nitrogens with one attached hydrogen (secondary N) is 1. The highest BCUT2D eigenvalue weighted by atomic mass is 32.2. The second-order valence-electron chi connectivity index (χ2n) is 8.35. The maximum atomic E-state index is 13.0. The molecule has 3 aromatic rings. The van der Waals surface area contributed by atoms with Crippen LogP contribution in [0.3, 0.4) is 0 Å². The second kappa shape index (κ2) is 10.8. The van der Waals surface area contributed by atoms with Crippen LogP contribution < -0.4 is 15.2 Å². The van der Waals surface area contributed by atoms with Gasteiger partial charge in [-0.05, 0) is 31.5 Å². The van der Waals surface area contributed by atoms with E-state index in [4.69, 9.17) is 4.74 Å². The number of piperazine rings is 1. The lowest BCUT2D eigenvalue weighted by atomic mass is 10.1. The molecular weight excluding hydrogens is 448 g/mol. The van der Waals surface area contributed by atoms with Crippen LogP contribution in [0.15, 0.2) is 64.5 Å². The molecule has 1 saturated heterocycles. The van der Waals surface area contributed by atoms with Gasteiger partial charge in [0.05, 0.1) is 13.5 Å². The fraction of sp³-hybridized carbons (Fsp3) is 0.346. The highest BCUT2D eigenvalue weighted by molar-refractivity contribution is 7.99. The zero-order valence-corrected chi connectivity index (χ0v) is 20.6. The molecule has 8 heteroatoms. The molecule has 1 aliphatic rings. The van der Waals surface area contributed by atoms with Gasteiger partial charge >= 0.3 is 0 Å². The van der Waals surface area contributed by atoms with Gasteiger partial charge in [0.15, 0.2) is 5.16 Å². The number of hydrogen-bond donors (Lipinski definition) is 1. The molecule has 2 heterocycles. The van der Waals surface area contributed by atoms with E-state index in [-0.39, 0.29) is 23.1 Å². The Labute approximate surface area is 204 Å². The van der Waals surface area contributed by atoms with Crippen LogP contribution in [0, 0.1) is 6.92 Å². The molecule has 7 nitrogen and oxygen atoms in total. The molecule has 0 aliphatic carbocycles. The van der Waals surface area contributed by atoms with E-state index in [1.807, 2.05) is 47.4 Å². The number of aromatic amines is 1. The summed E-state index contributed by atoms with van der Waals surface area (Å²) in [4.78, 5) is 37.3. The summed E-state index contributed by atoms with van der Waals surface area (Å²) in [6, 6.07) is 18.0. The molecule has 0 bridgehead atoms. The minimum atomic E-state index is -0.237. The summed E-state index contributed by atoms with van der Waals surface area (Å²) >= 11 is 1.50. The number of H-pyrrole nitrogens is 1. The van der Waals surface area contributed by atoms with Crippen molar-refractivity contribution < 1.29 is 9.53 Å². The molecule has 1 aromatic heterocycles. The Hall–Kier alpha value is -3.26. The molecule has 2 aromatic carbocycles. The monoisotopic (exact) mass is 478 g/mol. The summed E-state index contributed by atoms with van der Waals surface area (Å²) in [6.45, 7) is 6.58. The number of aromatic nitrogens is 2. The van der Waals surface area contributed by atoms with Gasteiger partial charge in [-0.15, -0.1) is 0 Å². The van der Waals surface area contributed by atoms with Gasteiger partial charge in [-0.25, -0.2) is 4.98 Å². The van der Waals surface area contributed by atoms with Crippen molar-refractivity contribution in [2.75, 3.05) is 38.2 Å². The van der Waals surface area contributed by atoms with E-state index < -0.39 is 0 Å². The van der Waals surface area contributed by atoms with Crippen molar-refractivity contribution >= 4 is 23.4 Å². The first kappa shape index (κ1) is 23.9. The van der Waals surface area contributed by atoms with E-state index in [2.05, 4.69) is 33.9 Å². The summed E-state index contributed by atoms with van der Waals surface area (Å²) in [6.07, 6.45) is 0.0620. The normalized spacial score (nSPS) is 14.7. The minimum Gasteiger partial charge on any atom is -0.497 e. The number of rotatable bonds is 7. The Morgan fingerprint density at radius 3 is 2.53 bits per heavy atom. The average Bonchev–Trinajstić information content (AvgIpc) is 2.86. The Bertz CT molecular complexity index is 1190. The third kappa shape index (κ3) is 5.62. The number of benzene rings is 2. The molecule has 0 radical (unpaired) electrons. The van der Waals surface area contributed by atoms with Crippen molar-refractivity contribution in [1.29, 1.82) is 0 Å². The number of aryl methyl sites for hydroxylation is 1. The summed E-state index contributed by atoms with van der Waals surface area (Å²) in [7, 11) is 1.66. The lowest BCUT2D eigenvalue weighted by Gasteiger charge is -2.36. The number of ether oxygens (including phenoxy) is 1. The summed E-state index contributed by atoms with van der Waals surface area (Å²) < 4.78 is 5.31. The van der Waals surface area contributed by atoms with Gasteiger partial charge in [-0.2, -0.15) is 0 Å². The maximum Gasteiger partial charge on any atom is 0.255 e. The molecule has 1 aliphatic heterocycles. The van der Waals surface area contributed by atoms with Crippen molar-refractivity contribution in [3.8, 4) is 5.75 Å². The van der Waals surface area contributed by atoms with Crippen molar-refractivity contribution in [3.05, 3.63) is 81.8 Å². The van der Waals surface area contributed by atoms with Gasteiger partial charge in [0.1, 0.15) is 5.75 Å². The predicted molar refractivity (Wildman–Crippen MR) is 136 cm³/mol. The first-order valence-corrected chi connectivity index (χ1v) is 12.3. The lowest BCUT2D eigenvalue weighted by molar-refractivity contribution is -0.130. The van der Waals surface area contributed by atoms with Crippen LogP contribution in [0.4, 0.5) is 5.69 Å². The Morgan fingerprint density at radius 1 is 1.12 bits per heavy atom. The van der Waals surface area contributed by atoms with E-state index >= 15 is 0 Å². The quantitative estimate of drug-likeness (QED) is 0.411. The molecule has 1 atom stereocenters. The third-order valence-corrected chi connectivity index (χ3v) is 7.18. The topological polar surface area (TPSA) is 78.5 Å². The number of amides is 1. The molecule has 178 valence electrons. The average molecular weight is 479 g/mol. The number of carbonyl (C=O) groups is 1. The molecule has 1 amide bonds. The third-order valence-electron chi connectivity index (χ3n) is 6.14. The Balaban J connectivity index is 1.37. The summed E-state index contributed by atoms with van der Waals surface area (Å²) in [5.41, 5.74) is 3.06. The van der Waals surface area contributed by atoms with Gasteiger partial charge in [0.2, 0.25) is 5.91 Å². The highest BCUT2D eigenvalue weighted by Crippen LogP contribution is 2.32. The number of anilines is 1. The molecule has 34 heavy (non-hydrogen) atoms. The maximum absolute atomic E-state index is 13.0. The van der Waals surface area contributed by atoms with Gasteiger partial charge in [-0.1, -0.05) is 48.2 Å². The van der Waals surface area contributed by atoms with E-state index in [1.165, 1.54) is 17.3 Å². The standard InChI is InChI=1S/C26H30N4O3S/c1-18-23(25(32)28-26(27-18)34-19(2)20-8-5-4-6-9-20)17-24(31)30-14-12-29(13-15-30)21-10-7-11-22(16-21)33-3/h4-11,16,19H,12-15,17H2,1-3H3,(H,27,28,32). The number of nitrogens with zero attached hydrogens (tertiary/aromatic N) is 3. The molecule has 1 fully saturated rings. The van der Waals surface area contributed by atoms with Crippen molar-refractivity contribution in [3.63, 3.8) is 0 Å². The second-order valence-corrected chi connectivity index (χ2v) is 9.68. The van der Waals surface area contributed by atoms with Crippen LogP contribution in [-0.2, 0) is 11.2 Å². The van der Waals surface area contributed by atoms with Gasteiger partial charge in [-0.3, -0.25) is 9.59 Å². The molecular formula is C26H30N4O3S. The predicted octanol–water partition coefficient (Wildman–Crippen LogP) is 3.83. The zero-order valence-electron chi connectivity index (χ0n) is 19.8. The zero-order chi connectivity index (χ0) is 24.1. The summed E-state index contributed by atoms with van der Waals surface area (Å²) in [5, 5.41) is 0.721. The minimum absolute atomic E-state index is 0.0428. The van der Waals surface area contributed by atoms with Crippen molar-refractivity contribution in [2.45, 2.75) is 30.7 Å². The van der Waals surface area contributed by atoms with Crippen LogP contribution in [0.5, 0.6) is 5.75 Å². The molecule has 0 spiro atoms. The van der Waals surface area contributed by atoms with Crippen LogP contribution in [0.2, 0.25) is 0 Å². The molecule has 1 N–H and O–H groups in total. The first-order chi connectivity index (χ1) is 16.4. The van der Waals surface area contributed by atoms with Crippen LogP contribution >= 0.6 is 11.8 Å². The lowest BCUT2D eigenvalue weighted by Crippen LogP contribution is -2.49. The molecule has 1 unspecified atom stereocenters.